The van der Waals surface area contributed by atoms with Crippen molar-refractivity contribution >= 4 is 27.5 Å². The van der Waals surface area contributed by atoms with Crippen LogP contribution < -0.4 is 19.1 Å². The van der Waals surface area contributed by atoms with E-state index in [-0.39, 0.29) is 29.1 Å². The summed E-state index contributed by atoms with van der Waals surface area (Å²) < 4.78 is 39.9. The van der Waals surface area contributed by atoms with Crippen molar-refractivity contribution in [2.75, 3.05) is 31.6 Å². The molecule has 0 bridgehead atoms. The molecule has 42 heavy (non-hydrogen) atoms. The van der Waals surface area contributed by atoms with Crippen molar-refractivity contribution < 1.29 is 27.5 Å². The molecule has 0 spiro atoms. The lowest BCUT2D eigenvalue weighted by molar-refractivity contribution is -0.139. The summed E-state index contributed by atoms with van der Waals surface area (Å²) in [5.41, 5.74) is 2.26. The molecule has 1 N–H and O–H groups in total. The number of hydrogen-bond donors (Lipinski definition) is 1. The van der Waals surface area contributed by atoms with E-state index in [1.807, 2.05) is 51.1 Å². The number of amides is 2. The van der Waals surface area contributed by atoms with Gasteiger partial charge in [-0.2, -0.15) is 0 Å². The number of aryl methyl sites for hydroxylation is 1. The second-order valence-corrected chi connectivity index (χ2v) is 12.0. The van der Waals surface area contributed by atoms with Crippen molar-refractivity contribution in [1.82, 2.24) is 10.2 Å². The van der Waals surface area contributed by atoms with Gasteiger partial charge in [0.15, 0.2) is 11.5 Å². The van der Waals surface area contributed by atoms with E-state index in [0.29, 0.717) is 17.9 Å². The summed E-state index contributed by atoms with van der Waals surface area (Å²) in [6.45, 7) is 7.15. The summed E-state index contributed by atoms with van der Waals surface area (Å²) in [6.07, 6.45) is 1.24. The molecule has 0 saturated heterocycles. The van der Waals surface area contributed by atoms with Crippen molar-refractivity contribution in [2.24, 2.45) is 0 Å². The Morgan fingerprint density at radius 1 is 0.905 bits per heavy atom. The van der Waals surface area contributed by atoms with Crippen LogP contribution in [0.5, 0.6) is 11.5 Å². The van der Waals surface area contributed by atoms with Crippen molar-refractivity contribution in [3.63, 3.8) is 0 Å². The van der Waals surface area contributed by atoms with Crippen molar-refractivity contribution in [3.05, 3.63) is 83.9 Å². The number of methoxy groups -OCH3 is 2. The maximum atomic E-state index is 14.1. The summed E-state index contributed by atoms with van der Waals surface area (Å²) in [5, 5.41) is 2.94. The standard InChI is InChI=1S/C32H41N3O6S/c1-7-24(3)33-32(37)25(4)34(20-19-26-11-9-8-10-12-26)31(36)22-35(27-15-13-23(2)14-16-27)42(38,39)28-17-18-29(40-5)30(21-28)41-6/h8-18,21,24-25H,7,19-20,22H2,1-6H3,(H,33,37)/t24-,25+/m1/s1. The Morgan fingerprint density at radius 2 is 1.55 bits per heavy atom. The number of carbonyl (C=O) groups is 2. The zero-order valence-electron chi connectivity index (χ0n) is 25.2. The molecule has 0 fully saturated rings. The van der Waals surface area contributed by atoms with Crippen molar-refractivity contribution in [1.29, 1.82) is 0 Å². The molecule has 0 radical (unpaired) electrons. The van der Waals surface area contributed by atoms with E-state index in [0.717, 1.165) is 21.9 Å². The average Bonchev–Trinajstić information content (AvgIpc) is 3.00. The number of hydrogen-bond acceptors (Lipinski definition) is 6. The number of nitrogens with zero attached hydrogens (tertiary/aromatic N) is 2. The Balaban J connectivity index is 2.01. The van der Waals surface area contributed by atoms with E-state index in [2.05, 4.69) is 5.32 Å². The Kier molecular flexibility index (Phi) is 11.4. The highest BCUT2D eigenvalue weighted by atomic mass is 32.2. The van der Waals surface area contributed by atoms with Gasteiger partial charge in [0.2, 0.25) is 11.8 Å². The lowest BCUT2D eigenvalue weighted by atomic mass is 10.1. The Labute approximate surface area is 249 Å². The first-order valence-corrected chi connectivity index (χ1v) is 15.4. The van der Waals surface area contributed by atoms with E-state index < -0.39 is 28.5 Å². The third-order valence-corrected chi connectivity index (χ3v) is 8.97. The number of nitrogens with one attached hydrogen (secondary N) is 1. The molecule has 0 unspecified atom stereocenters. The maximum Gasteiger partial charge on any atom is 0.264 e. The van der Waals surface area contributed by atoms with Gasteiger partial charge in [-0.05, 0) is 63.4 Å². The molecule has 0 heterocycles. The number of sulfonamides is 1. The van der Waals surface area contributed by atoms with Crippen LogP contribution in [0.15, 0.2) is 77.7 Å². The molecule has 0 aromatic heterocycles. The fraction of sp³-hybridized carbons (Fsp3) is 0.375. The van der Waals surface area contributed by atoms with Crippen molar-refractivity contribution in [3.8, 4) is 11.5 Å². The van der Waals surface area contributed by atoms with E-state index in [4.69, 9.17) is 9.47 Å². The summed E-state index contributed by atoms with van der Waals surface area (Å²) >= 11 is 0. The van der Waals surface area contributed by atoms with Crippen LogP contribution >= 0.6 is 0 Å². The highest BCUT2D eigenvalue weighted by molar-refractivity contribution is 7.92. The van der Waals surface area contributed by atoms with Crippen LogP contribution in [0, 0.1) is 6.92 Å². The summed E-state index contributed by atoms with van der Waals surface area (Å²) in [4.78, 5) is 28.6. The maximum absolute atomic E-state index is 14.1. The van der Waals surface area contributed by atoms with Crippen LogP contribution in [-0.4, -0.2) is 64.5 Å². The van der Waals surface area contributed by atoms with Crippen LogP contribution in [0.4, 0.5) is 5.69 Å². The highest BCUT2D eigenvalue weighted by Crippen LogP contribution is 2.32. The third-order valence-electron chi connectivity index (χ3n) is 7.20. The van der Waals surface area contributed by atoms with Gasteiger partial charge in [-0.15, -0.1) is 0 Å². The molecule has 0 saturated carbocycles. The van der Waals surface area contributed by atoms with Gasteiger partial charge in [-0.25, -0.2) is 8.42 Å². The second kappa shape index (κ2) is 14.7. The zero-order chi connectivity index (χ0) is 30.9. The van der Waals surface area contributed by atoms with Crippen LogP contribution in [0.3, 0.4) is 0 Å². The molecule has 9 nitrogen and oxygen atoms in total. The summed E-state index contributed by atoms with van der Waals surface area (Å²) in [7, 11) is -1.35. The predicted molar refractivity (Wildman–Crippen MR) is 164 cm³/mol. The van der Waals surface area contributed by atoms with Gasteiger partial charge >= 0.3 is 0 Å². The molecule has 3 aromatic rings. The number of anilines is 1. The van der Waals surface area contributed by atoms with Gasteiger partial charge in [-0.3, -0.25) is 13.9 Å². The Bertz CT molecular complexity index is 1440. The SMILES string of the molecule is CC[C@@H](C)NC(=O)[C@H](C)N(CCc1ccccc1)C(=O)CN(c1ccc(C)cc1)S(=O)(=O)c1ccc(OC)c(OC)c1. The molecule has 2 atom stereocenters. The minimum atomic E-state index is -4.24. The molecule has 226 valence electrons. The van der Waals surface area contributed by atoms with Gasteiger partial charge in [-0.1, -0.05) is 55.0 Å². The molecule has 0 aliphatic rings. The van der Waals surface area contributed by atoms with E-state index >= 15 is 0 Å². The molecule has 0 aliphatic carbocycles. The first-order valence-electron chi connectivity index (χ1n) is 14.0. The lowest BCUT2D eigenvalue weighted by Crippen LogP contribution is -2.53. The predicted octanol–water partition coefficient (Wildman–Crippen LogP) is 4.58. The fourth-order valence-corrected chi connectivity index (χ4v) is 5.81. The monoisotopic (exact) mass is 595 g/mol. The van der Waals surface area contributed by atoms with Gasteiger partial charge in [0.05, 0.1) is 24.8 Å². The quantitative estimate of drug-likeness (QED) is 0.293. The van der Waals surface area contributed by atoms with Gasteiger partial charge < -0.3 is 19.7 Å². The van der Waals surface area contributed by atoms with E-state index in [9.17, 15) is 18.0 Å². The molecule has 3 rings (SSSR count). The first kappa shape index (κ1) is 32.5. The summed E-state index contributed by atoms with van der Waals surface area (Å²) in [5.74, 6) is -0.172. The minimum absolute atomic E-state index is 0.0630. The second-order valence-electron chi connectivity index (χ2n) is 10.2. The minimum Gasteiger partial charge on any atom is -0.493 e. The van der Waals surface area contributed by atoms with Gasteiger partial charge in [0, 0.05) is 18.7 Å². The van der Waals surface area contributed by atoms with Crippen LogP contribution in [-0.2, 0) is 26.0 Å². The van der Waals surface area contributed by atoms with Gasteiger partial charge in [0.25, 0.3) is 10.0 Å². The average molecular weight is 596 g/mol. The zero-order valence-corrected chi connectivity index (χ0v) is 26.0. The number of carbonyl (C=O) groups excluding carboxylic acids is 2. The fourth-order valence-electron chi connectivity index (χ4n) is 4.38. The van der Waals surface area contributed by atoms with Gasteiger partial charge in [0.1, 0.15) is 12.6 Å². The largest absolute Gasteiger partial charge is 0.493 e. The molecule has 10 heteroatoms. The number of benzene rings is 3. The van der Waals surface area contributed by atoms with Crippen LogP contribution in [0.1, 0.15) is 38.3 Å². The first-order chi connectivity index (χ1) is 20.0. The lowest BCUT2D eigenvalue weighted by Gasteiger charge is -2.32. The normalized spacial score (nSPS) is 12.6. The van der Waals surface area contributed by atoms with Crippen LogP contribution in [0.2, 0.25) is 0 Å². The van der Waals surface area contributed by atoms with E-state index in [1.165, 1.54) is 37.3 Å². The molecule has 2 amide bonds. The Hall–Kier alpha value is -4.05. The number of rotatable bonds is 14. The topological polar surface area (TPSA) is 105 Å². The molecule has 0 aliphatic heterocycles. The third kappa shape index (κ3) is 8.03. The molecular weight excluding hydrogens is 554 g/mol. The number of ether oxygens (including phenoxy) is 2. The molecule has 3 aromatic carbocycles. The van der Waals surface area contributed by atoms with Crippen molar-refractivity contribution in [2.45, 2.75) is 57.5 Å². The smallest absolute Gasteiger partial charge is 0.264 e. The Morgan fingerprint density at radius 3 is 2.14 bits per heavy atom. The summed E-state index contributed by atoms with van der Waals surface area (Å²) in [6, 6.07) is 19.9. The highest BCUT2D eigenvalue weighted by Gasteiger charge is 2.33. The molecular formula is C32H41N3O6S. The van der Waals surface area contributed by atoms with Crippen LogP contribution in [0.25, 0.3) is 0 Å². The van der Waals surface area contributed by atoms with E-state index in [1.54, 1.807) is 31.2 Å².